The summed E-state index contributed by atoms with van der Waals surface area (Å²) in [5.41, 5.74) is 7.10. The van der Waals surface area contributed by atoms with Gasteiger partial charge in [-0.15, -0.1) is 0 Å². The van der Waals surface area contributed by atoms with Crippen LogP contribution in [-0.2, 0) is 0 Å². The quantitative estimate of drug-likeness (QED) is 0.409. The van der Waals surface area contributed by atoms with Gasteiger partial charge < -0.3 is 0 Å². The first-order valence-electron chi connectivity index (χ1n) is 5.50. The van der Waals surface area contributed by atoms with Crippen molar-refractivity contribution in [2.24, 2.45) is 0 Å². The van der Waals surface area contributed by atoms with Gasteiger partial charge >= 0.3 is 0 Å². The molecule has 0 amide bonds. The molecule has 0 aromatic rings. The van der Waals surface area contributed by atoms with E-state index in [1.54, 1.807) is 0 Å². The summed E-state index contributed by atoms with van der Waals surface area (Å²) in [6.07, 6.45) is 0. The van der Waals surface area contributed by atoms with Crippen LogP contribution in [0, 0.1) is 0 Å². The van der Waals surface area contributed by atoms with Gasteiger partial charge in [0.15, 0.2) is 0 Å². The maximum Gasteiger partial charge on any atom is 0.101 e. The Bertz CT molecular complexity index is 222. The minimum absolute atomic E-state index is 0.103. The average molecular weight is 190 g/mol. The zero-order valence-electron chi connectivity index (χ0n) is 11.0. The Labute approximate surface area is 92.0 Å². The van der Waals surface area contributed by atoms with Crippen LogP contribution in [0.5, 0.6) is 0 Å². The summed E-state index contributed by atoms with van der Waals surface area (Å²) in [4.78, 5) is 0. The number of hydrazine groups is 1. The molecule has 0 unspecified atom stereocenters. The van der Waals surface area contributed by atoms with Gasteiger partial charge in [0.1, 0.15) is 31.4 Å². The molecule has 0 saturated carbocycles. The Kier molecular flexibility index (Phi) is 2.50. The smallest absolute Gasteiger partial charge is 0.101 e. The Hall–Kier alpha value is 0.180. The highest BCUT2D eigenvalue weighted by molar-refractivity contribution is 6.55. The Morgan fingerprint density at radius 2 is 0.857 bits per heavy atom. The largest absolute Gasteiger partial charge is 0.253 e. The fourth-order valence-electron chi connectivity index (χ4n) is 2.19. The zero-order valence-corrected chi connectivity index (χ0v) is 11.0. The molecule has 0 spiro atoms. The van der Waals surface area contributed by atoms with Crippen molar-refractivity contribution in [3.63, 3.8) is 0 Å². The van der Waals surface area contributed by atoms with Crippen molar-refractivity contribution in [1.29, 1.82) is 0 Å². The molecule has 0 aromatic carbocycles. The van der Waals surface area contributed by atoms with E-state index in [0.29, 0.717) is 0 Å². The summed E-state index contributed by atoms with van der Waals surface area (Å²) in [5.74, 6) is 0. The third kappa shape index (κ3) is 1.30. The van der Waals surface area contributed by atoms with Crippen molar-refractivity contribution in [2.45, 2.75) is 49.2 Å². The van der Waals surface area contributed by atoms with Crippen molar-refractivity contribution < 1.29 is 0 Å². The average Bonchev–Trinajstić information content (AvgIpc) is 1.98. The lowest BCUT2D eigenvalue weighted by atomic mass is 9.21. The van der Waals surface area contributed by atoms with E-state index < -0.39 is 0 Å². The predicted molar refractivity (Wildman–Crippen MR) is 74.0 cm³/mol. The van der Waals surface area contributed by atoms with Crippen molar-refractivity contribution in [1.82, 2.24) is 10.9 Å². The molecule has 1 rings (SSSR count). The molecule has 0 bridgehead atoms. The number of rotatable bonds is 0. The summed E-state index contributed by atoms with van der Waals surface area (Å²) < 4.78 is 0. The van der Waals surface area contributed by atoms with E-state index in [4.69, 9.17) is 0 Å². The number of hydrogen-bond acceptors (Lipinski definition) is 2. The number of nitrogens with one attached hydrogen (secondary N) is 2. The van der Waals surface area contributed by atoms with Crippen LogP contribution in [0.4, 0.5) is 0 Å². The fraction of sp³-hybridized carbons (Fsp3) is 1.00. The molecule has 76 valence electrons. The monoisotopic (exact) mass is 190 g/mol. The molecule has 0 atom stereocenters. The SMILES string of the molecule is BC1(B)C(C)(C)NNC(C)(C)C1(B)B. The van der Waals surface area contributed by atoms with E-state index >= 15 is 0 Å². The molecule has 1 saturated heterocycles. The second-order valence-corrected chi connectivity index (χ2v) is 6.75. The molecule has 0 aliphatic carbocycles. The van der Waals surface area contributed by atoms with Crippen LogP contribution in [0.1, 0.15) is 27.7 Å². The maximum absolute atomic E-state index is 3.44. The Morgan fingerprint density at radius 1 is 0.643 bits per heavy atom. The van der Waals surface area contributed by atoms with Crippen LogP contribution >= 0.6 is 0 Å². The molecule has 14 heavy (non-hydrogen) atoms. The topological polar surface area (TPSA) is 24.1 Å². The first kappa shape index (κ1) is 12.3. The minimum atomic E-state index is 0.103. The molecule has 0 aromatic heterocycles. The molecule has 0 radical (unpaired) electrons. The summed E-state index contributed by atoms with van der Waals surface area (Å²) in [5, 5.41) is 0.462. The maximum atomic E-state index is 3.44. The Balaban J connectivity index is 3.20. The number of hydrogen-bond donors (Lipinski definition) is 2. The van der Waals surface area contributed by atoms with E-state index in [1.165, 1.54) is 0 Å². The van der Waals surface area contributed by atoms with Gasteiger partial charge in [0, 0.05) is 11.1 Å². The van der Waals surface area contributed by atoms with Crippen molar-refractivity contribution >= 4 is 31.4 Å². The molecule has 1 heterocycles. The lowest BCUT2D eigenvalue weighted by Gasteiger charge is -2.65. The van der Waals surface area contributed by atoms with Crippen molar-refractivity contribution in [3.05, 3.63) is 0 Å². The molecular formula is C8H22B4N2. The van der Waals surface area contributed by atoms with Gasteiger partial charge in [0.25, 0.3) is 0 Å². The molecule has 2 nitrogen and oxygen atoms in total. The fourth-order valence-corrected chi connectivity index (χ4v) is 2.19. The van der Waals surface area contributed by atoms with Gasteiger partial charge in [-0.3, -0.25) is 10.9 Å². The third-order valence-corrected chi connectivity index (χ3v) is 5.38. The minimum Gasteiger partial charge on any atom is -0.253 e. The van der Waals surface area contributed by atoms with Crippen LogP contribution in [0.3, 0.4) is 0 Å². The zero-order chi connectivity index (χ0) is 11.4. The van der Waals surface area contributed by atoms with Crippen LogP contribution in [0.2, 0.25) is 10.4 Å². The lowest BCUT2D eigenvalue weighted by molar-refractivity contribution is 0.122. The molecule has 2 N–H and O–H groups in total. The van der Waals surface area contributed by atoms with Crippen LogP contribution < -0.4 is 10.9 Å². The molecule has 6 heteroatoms. The van der Waals surface area contributed by atoms with E-state index in [2.05, 4.69) is 69.9 Å². The van der Waals surface area contributed by atoms with Crippen LogP contribution in [0.15, 0.2) is 0 Å². The second kappa shape index (κ2) is 2.85. The summed E-state index contributed by atoms with van der Waals surface area (Å²) >= 11 is 0. The molecular weight excluding hydrogens is 167 g/mol. The lowest BCUT2D eigenvalue weighted by Crippen LogP contribution is -2.75. The van der Waals surface area contributed by atoms with Gasteiger partial charge in [0.2, 0.25) is 0 Å². The van der Waals surface area contributed by atoms with Crippen molar-refractivity contribution in [3.8, 4) is 0 Å². The molecule has 1 fully saturated rings. The summed E-state index contributed by atoms with van der Waals surface area (Å²) in [6, 6.07) is 0. The van der Waals surface area contributed by atoms with E-state index in [9.17, 15) is 0 Å². The van der Waals surface area contributed by atoms with E-state index in [1.807, 2.05) is 0 Å². The van der Waals surface area contributed by atoms with Gasteiger partial charge in [0.05, 0.1) is 0 Å². The van der Waals surface area contributed by atoms with Crippen LogP contribution in [-0.4, -0.2) is 42.5 Å². The normalized spacial score (nSPS) is 32.3. The van der Waals surface area contributed by atoms with Crippen LogP contribution in [0.25, 0.3) is 0 Å². The first-order chi connectivity index (χ1) is 5.96. The highest BCUT2D eigenvalue weighted by Gasteiger charge is 2.57. The summed E-state index contributed by atoms with van der Waals surface area (Å²) in [7, 11) is 9.40. The highest BCUT2D eigenvalue weighted by Crippen LogP contribution is 2.57. The second-order valence-electron chi connectivity index (χ2n) is 6.75. The third-order valence-electron chi connectivity index (χ3n) is 5.38. The van der Waals surface area contributed by atoms with E-state index in [0.717, 1.165) is 0 Å². The first-order valence-corrected chi connectivity index (χ1v) is 5.50. The molecule has 1 aliphatic rings. The van der Waals surface area contributed by atoms with Gasteiger partial charge in [-0.1, -0.05) is 10.4 Å². The standard InChI is InChI=1S/C8H22B4N2/c1-5(2)7(9,10)8(11,12)6(3,4)14-13-5/h13-14H,9-12H2,1-4H3. The van der Waals surface area contributed by atoms with Gasteiger partial charge in [-0.05, 0) is 27.7 Å². The van der Waals surface area contributed by atoms with Crippen molar-refractivity contribution in [2.75, 3.05) is 0 Å². The predicted octanol–water partition coefficient (Wildman–Crippen LogP) is -2.58. The van der Waals surface area contributed by atoms with Gasteiger partial charge in [-0.2, -0.15) is 0 Å². The van der Waals surface area contributed by atoms with E-state index in [-0.39, 0.29) is 21.5 Å². The van der Waals surface area contributed by atoms with Gasteiger partial charge in [-0.25, -0.2) is 0 Å². The summed E-state index contributed by atoms with van der Waals surface area (Å²) in [6.45, 7) is 9.04. The molecule has 1 aliphatic heterocycles. The highest BCUT2D eigenvalue weighted by atomic mass is 15.4. The Morgan fingerprint density at radius 3 is 1.07 bits per heavy atom.